The van der Waals surface area contributed by atoms with E-state index in [1.54, 1.807) is 6.20 Å². The number of amides is 2. The normalized spacial score (nSPS) is 17.2. The number of pyridine rings is 1. The average molecular weight is 435 g/mol. The van der Waals surface area contributed by atoms with Crippen LogP contribution in [0, 0.1) is 5.92 Å². The lowest BCUT2D eigenvalue weighted by atomic mass is 9.97. The first-order valence-electron chi connectivity index (χ1n) is 8.98. The molecule has 7 nitrogen and oxygen atoms in total. The number of benzene rings is 1. The van der Waals surface area contributed by atoms with Crippen molar-refractivity contribution in [3.8, 4) is 0 Å². The standard InChI is InChI=1S/C19H23BrN4O3/c1-11(2)22-17-14-6-5-13(20)8-15(14)21-9-16(17)23-18(25)12-4-3-7-24(10-12)19(26)27/h5-6,8-9,11-12H,3-4,7,10H2,1-2H3,(H,21,22)(H,23,25)(H,26,27)/t12-/m0/s1. The third-order valence-corrected chi connectivity index (χ3v) is 5.08. The molecule has 1 aliphatic rings. The van der Waals surface area contributed by atoms with E-state index in [1.165, 1.54) is 4.90 Å². The van der Waals surface area contributed by atoms with Crippen LogP contribution >= 0.6 is 15.9 Å². The molecule has 1 atom stereocenters. The minimum Gasteiger partial charge on any atom is -0.465 e. The van der Waals surface area contributed by atoms with Gasteiger partial charge in [-0.25, -0.2) is 4.79 Å². The Labute approximate surface area is 166 Å². The van der Waals surface area contributed by atoms with Crippen molar-refractivity contribution >= 4 is 50.2 Å². The van der Waals surface area contributed by atoms with Crippen molar-refractivity contribution in [3.63, 3.8) is 0 Å². The van der Waals surface area contributed by atoms with E-state index < -0.39 is 6.09 Å². The van der Waals surface area contributed by atoms with E-state index >= 15 is 0 Å². The van der Waals surface area contributed by atoms with Crippen molar-refractivity contribution in [2.45, 2.75) is 32.7 Å². The molecule has 144 valence electrons. The maximum atomic E-state index is 12.8. The predicted molar refractivity (Wildman–Crippen MR) is 109 cm³/mol. The number of anilines is 2. The van der Waals surface area contributed by atoms with Gasteiger partial charge in [-0.3, -0.25) is 9.78 Å². The monoisotopic (exact) mass is 434 g/mol. The van der Waals surface area contributed by atoms with Crippen LogP contribution in [0.15, 0.2) is 28.9 Å². The summed E-state index contributed by atoms with van der Waals surface area (Å²) in [4.78, 5) is 29.7. The second-order valence-corrected chi connectivity index (χ2v) is 7.98. The number of carbonyl (C=O) groups is 2. The van der Waals surface area contributed by atoms with Crippen LogP contribution in [-0.4, -0.2) is 46.1 Å². The smallest absolute Gasteiger partial charge is 0.407 e. The third-order valence-electron chi connectivity index (χ3n) is 4.58. The van der Waals surface area contributed by atoms with E-state index in [0.29, 0.717) is 25.1 Å². The fourth-order valence-electron chi connectivity index (χ4n) is 3.31. The average Bonchev–Trinajstić information content (AvgIpc) is 2.63. The Balaban J connectivity index is 1.88. The maximum Gasteiger partial charge on any atom is 0.407 e. The van der Waals surface area contributed by atoms with Crippen LogP contribution in [0.25, 0.3) is 10.9 Å². The quantitative estimate of drug-likeness (QED) is 0.671. The van der Waals surface area contributed by atoms with Gasteiger partial charge in [-0.15, -0.1) is 0 Å². The summed E-state index contributed by atoms with van der Waals surface area (Å²) in [6.45, 7) is 4.76. The molecule has 3 N–H and O–H groups in total. The van der Waals surface area contributed by atoms with Gasteiger partial charge >= 0.3 is 6.09 Å². The molecule has 0 bridgehead atoms. The summed E-state index contributed by atoms with van der Waals surface area (Å²) in [5.41, 5.74) is 2.25. The Morgan fingerprint density at radius 3 is 2.85 bits per heavy atom. The van der Waals surface area contributed by atoms with E-state index in [4.69, 9.17) is 0 Å². The van der Waals surface area contributed by atoms with Crippen LogP contribution in [0.3, 0.4) is 0 Å². The fraction of sp³-hybridized carbons (Fsp3) is 0.421. The predicted octanol–water partition coefficient (Wildman–Crippen LogP) is 4.15. The molecule has 0 radical (unpaired) electrons. The number of carboxylic acid groups (broad SMARTS) is 1. The molecule has 2 amide bonds. The lowest BCUT2D eigenvalue weighted by Gasteiger charge is -2.30. The number of hydrogen-bond acceptors (Lipinski definition) is 4. The number of piperidine rings is 1. The Morgan fingerprint density at radius 2 is 2.15 bits per heavy atom. The minimum atomic E-state index is -0.979. The highest BCUT2D eigenvalue weighted by Crippen LogP contribution is 2.32. The molecule has 0 saturated carbocycles. The molecule has 1 saturated heterocycles. The van der Waals surface area contributed by atoms with Crippen LogP contribution < -0.4 is 10.6 Å². The molecule has 3 rings (SSSR count). The number of nitrogens with one attached hydrogen (secondary N) is 2. The number of halogens is 1. The van der Waals surface area contributed by atoms with Gasteiger partial charge in [0.2, 0.25) is 5.91 Å². The summed E-state index contributed by atoms with van der Waals surface area (Å²) < 4.78 is 0.936. The van der Waals surface area contributed by atoms with Gasteiger partial charge in [0.25, 0.3) is 0 Å². The van der Waals surface area contributed by atoms with Gasteiger partial charge in [-0.05, 0) is 44.9 Å². The topological polar surface area (TPSA) is 94.6 Å². The summed E-state index contributed by atoms with van der Waals surface area (Å²) in [7, 11) is 0. The summed E-state index contributed by atoms with van der Waals surface area (Å²) >= 11 is 3.45. The van der Waals surface area contributed by atoms with E-state index in [-0.39, 0.29) is 24.4 Å². The van der Waals surface area contributed by atoms with E-state index in [0.717, 1.165) is 21.1 Å². The molecule has 1 aromatic carbocycles. The number of hydrogen-bond donors (Lipinski definition) is 3. The molecule has 2 aromatic rings. The first-order chi connectivity index (χ1) is 12.8. The molecule has 0 aliphatic carbocycles. The molecule has 2 heterocycles. The van der Waals surface area contributed by atoms with Crippen LogP contribution in [0.4, 0.5) is 16.2 Å². The Bertz CT molecular complexity index is 871. The number of carbonyl (C=O) groups excluding carboxylic acids is 1. The zero-order valence-electron chi connectivity index (χ0n) is 15.3. The van der Waals surface area contributed by atoms with Crippen LogP contribution in [0.1, 0.15) is 26.7 Å². The first kappa shape index (κ1) is 19.4. The molecule has 1 aromatic heterocycles. The number of rotatable bonds is 4. The van der Waals surface area contributed by atoms with Gasteiger partial charge in [-0.2, -0.15) is 0 Å². The number of aromatic nitrogens is 1. The van der Waals surface area contributed by atoms with Gasteiger partial charge < -0.3 is 20.6 Å². The molecule has 1 fully saturated rings. The van der Waals surface area contributed by atoms with Crippen molar-refractivity contribution in [3.05, 3.63) is 28.9 Å². The summed E-state index contributed by atoms with van der Waals surface area (Å²) in [6, 6.07) is 6.00. The Morgan fingerprint density at radius 1 is 1.37 bits per heavy atom. The molecule has 0 unspecified atom stereocenters. The van der Waals surface area contributed by atoms with Crippen molar-refractivity contribution in [1.29, 1.82) is 0 Å². The fourth-order valence-corrected chi connectivity index (χ4v) is 3.65. The van der Waals surface area contributed by atoms with Gasteiger partial charge in [0.1, 0.15) is 0 Å². The molecular formula is C19H23BrN4O3. The Hall–Kier alpha value is -2.35. The van der Waals surface area contributed by atoms with Crippen molar-refractivity contribution < 1.29 is 14.7 Å². The van der Waals surface area contributed by atoms with Crippen LogP contribution in [0.5, 0.6) is 0 Å². The van der Waals surface area contributed by atoms with Gasteiger partial charge in [0.05, 0.1) is 29.0 Å². The molecule has 27 heavy (non-hydrogen) atoms. The minimum absolute atomic E-state index is 0.173. The van der Waals surface area contributed by atoms with Crippen molar-refractivity contribution in [1.82, 2.24) is 9.88 Å². The second kappa shape index (κ2) is 8.12. The lowest BCUT2D eigenvalue weighted by Crippen LogP contribution is -2.43. The van der Waals surface area contributed by atoms with Crippen LogP contribution in [-0.2, 0) is 4.79 Å². The van der Waals surface area contributed by atoms with E-state index in [9.17, 15) is 14.7 Å². The van der Waals surface area contributed by atoms with Crippen molar-refractivity contribution in [2.24, 2.45) is 5.92 Å². The zero-order chi connectivity index (χ0) is 19.6. The SMILES string of the molecule is CC(C)Nc1c(NC(=O)[C@H]2CCCN(C(=O)O)C2)cnc2cc(Br)ccc12. The van der Waals surface area contributed by atoms with E-state index in [1.807, 2.05) is 32.0 Å². The second-order valence-electron chi connectivity index (χ2n) is 7.06. The van der Waals surface area contributed by atoms with Gasteiger partial charge in [0.15, 0.2) is 0 Å². The number of likely N-dealkylation sites (tertiary alicyclic amines) is 1. The highest BCUT2D eigenvalue weighted by Gasteiger charge is 2.28. The third kappa shape index (κ3) is 4.50. The first-order valence-corrected chi connectivity index (χ1v) is 9.78. The summed E-state index contributed by atoms with van der Waals surface area (Å²) in [5.74, 6) is -0.534. The molecular weight excluding hydrogens is 412 g/mol. The van der Waals surface area contributed by atoms with Gasteiger partial charge in [0, 0.05) is 29.0 Å². The highest BCUT2D eigenvalue weighted by atomic mass is 79.9. The number of fused-ring (bicyclic) bond motifs is 1. The summed E-state index contributed by atoms with van der Waals surface area (Å²) in [6.07, 6.45) is 2.03. The number of nitrogens with zero attached hydrogens (tertiary/aromatic N) is 2. The van der Waals surface area contributed by atoms with E-state index in [2.05, 4.69) is 31.5 Å². The Kier molecular flexibility index (Phi) is 5.84. The highest BCUT2D eigenvalue weighted by molar-refractivity contribution is 9.10. The zero-order valence-corrected chi connectivity index (χ0v) is 16.9. The van der Waals surface area contributed by atoms with Crippen LogP contribution in [0.2, 0.25) is 0 Å². The maximum absolute atomic E-state index is 12.8. The molecule has 1 aliphatic heterocycles. The lowest BCUT2D eigenvalue weighted by molar-refractivity contribution is -0.121. The molecule has 8 heteroatoms. The van der Waals surface area contributed by atoms with Crippen molar-refractivity contribution in [2.75, 3.05) is 23.7 Å². The largest absolute Gasteiger partial charge is 0.465 e. The molecule has 0 spiro atoms. The summed E-state index contributed by atoms with van der Waals surface area (Å²) in [5, 5.41) is 16.5. The van der Waals surface area contributed by atoms with Gasteiger partial charge in [-0.1, -0.05) is 15.9 Å².